The smallest absolute Gasteiger partial charge is 0.310 e. The Balaban J connectivity index is 1.91. The first-order chi connectivity index (χ1) is 14.2. The van der Waals surface area contributed by atoms with E-state index in [1.165, 1.54) is 46.8 Å². The highest BCUT2D eigenvalue weighted by molar-refractivity contribution is 7.89. The van der Waals surface area contributed by atoms with Gasteiger partial charge in [-0.2, -0.15) is 4.31 Å². The van der Waals surface area contributed by atoms with Gasteiger partial charge in [-0.25, -0.2) is 12.8 Å². The van der Waals surface area contributed by atoms with Crippen LogP contribution in [0.5, 0.6) is 0 Å². The lowest BCUT2D eigenvalue weighted by Crippen LogP contribution is -2.30. The van der Waals surface area contributed by atoms with Crippen molar-refractivity contribution in [3.8, 4) is 0 Å². The third-order valence-corrected chi connectivity index (χ3v) is 6.65. The molecule has 30 heavy (non-hydrogen) atoms. The molecule has 0 radical (unpaired) electrons. The Morgan fingerprint density at radius 3 is 2.30 bits per heavy atom. The summed E-state index contributed by atoms with van der Waals surface area (Å²) in [6.07, 6.45) is -0.406. The predicted molar refractivity (Wildman–Crippen MR) is 111 cm³/mol. The zero-order chi connectivity index (χ0) is 22.3. The number of anilines is 1. The van der Waals surface area contributed by atoms with E-state index in [0.717, 1.165) is 0 Å². The summed E-state index contributed by atoms with van der Waals surface area (Å²) in [5, 5.41) is 2.59. The number of nitrogens with zero attached hydrogens (tertiary/aromatic N) is 1. The second kappa shape index (κ2) is 10.5. The van der Waals surface area contributed by atoms with Crippen molar-refractivity contribution >= 4 is 39.2 Å². The van der Waals surface area contributed by atoms with E-state index in [2.05, 4.69) is 5.32 Å². The number of carbonyl (C=O) groups is 2. The molecule has 2 rings (SSSR count). The van der Waals surface area contributed by atoms with Crippen molar-refractivity contribution < 1.29 is 27.1 Å². The Morgan fingerprint density at radius 2 is 1.73 bits per heavy atom. The molecule has 7 nitrogen and oxygen atoms in total. The third kappa shape index (κ3) is 6.01. The summed E-state index contributed by atoms with van der Waals surface area (Å²) in [5.41, 5.74) is 0.335. The van der Waals surface area contributed by atoms with Crippen molar-refractivity contribution in [2.45, 2.75) is 25.2 Å². The molecule has 0 aliphatic rings. The first-order valence-electron chi connectivity index (χ1n) is 9.17. The van der Waals surface area contributed by atoms with E-state index in [9.17, 15) is 22.4 Å². The fraction of sp³-hybridized carbons (Fsp3) is 0.300. The summed E-state index contributed by atoms with van der Waals surface area (Å²) in [6, 6.07) is 9.68. The molecule has 1 N–H and O–H groups in total. The van der Waals surface area contributed by atoms with Crippen molar-refractivity contribution in [2.75, 3.05) is 25.0 Å². The van der Waals surface area contributed by atoms with Gasteiger partial charge < -0.3 is 10.1 Å². The summed E-state index contributed by atoms with van der Waals surface area (Å²) in [4.78, 5) is 23.9. The van der Waals surface area contributed by atoms with Gasteiger partial charge in [0.25, 0.3) is 5.91 Å². The van der Waals surface area contributed by atoms with Crippen LogP contribution in [0.15, 0.2) is 47.4 Å². The lowest BCUT2D eigenvalue weighted by molar-refractivity contribution is -0.146. The van der Waals surface area contributed by atoms with Crippen molar-refractivity contribution in [3.05, 3.63) is 58.9 Å². The van der Waals surface area contributed by atoms with Gasteiger partial charge in [0, 0.05) is 29.4 Å². The maximum absolute atomic E-state index is 13.7. The number of benzene rings is 2. The maximum atomic E-state index is 13.7. The average molecular weight is 457 g/mol. The molecule has 0 unspecified atom stereocenters. The van der Waals surface area contributed by atoms with Crippen molar-refractivity contribution in [1.29, 1.82) is 0 Å². The van der Waals surface area contributed by atoms with Crippen LogP contribution in [0.3, 0.4) is 0 Å². The molecular weight excluding hydrogens is 435 g/mol. The van der Waals surface area contributed by atoms with E-state index in [-0.39, 0.29) is 15.5 Å². The molecule has 0 saturated heterocycles. The average Bonchev–Trinajstić information content (AvgIpc) is 2.70. The number of esters is 1. The molecule has 2 aromatic carbocycles. The van der Waals surface area contributed by atoms with Gasteiger partial charge in [-0.3, -0.25) is 9.59 Å². The highest BCUT2D eigenvalue weighted by Crippen LogP contribution is 2.20. The second-order valence-electron chi connectivity index (χ2n) is 6.20. The predicted octanol–water partition coefficient (Wildman–Crippen LogP) is 3.23. The Labute approximate surface area is 179 Å². The monoisotopic (exact) mass is 456 g/mol. The molecule has 0 heterocycles. The molecule has 10 heteroatoms. The first-order valence-corrected chi connectivity index (χ1v) is 11.0. The number of hydrogen-bond acceptors (Lipinski definition) is 5. The second-order valence-corrected chi connectivity index (χ2v) is 8.54. The van der Waals surface area contributed by atoms with Crippen molar-refractivity contribution in [1.82, 2.24) is 4.31 Å². The van der Waals surface area contributed by atoms with Crippen LogP contribution >= 0.6 is 11.6 Å². The van der Waals surface area contributed by atoms with Crippen LogP contribution in [0.4, 0.5) is 10.1 Å². The Morgan fingerprint density at radius 1 is 1.10 bits per heavy atom. The molecule has 2 aromatic rings. The first kappa shape index (κ1) is 23.8. The number of amides is 1. The van der Waals surface area contributed by atoms with Gasteiger partial charge >= 0.3 is 5.97 Å². The number of rotatable bonds is 9. The SMILES string of the molecule is CCN(CC)S(=O)(=O)c1ccc(NC(=O)COC(=O)Cc2c(F)cccc2Cl)cc1. The largest absolute Gasteiger partial charge is 0.455 e. The minimum Gasteiger partial charge on any atom is -0.455 e. The van der Waals surface area contributed by atoms with Crippen LogP contribution in [0.2, 0.25) is 5.02 Å². The molecule has 0 aliphatic heterocycles. The maximum Gasteiger partial charge on any atom is 0.310 e. The van der Waals surface area contributed by atoms with Crippen LogP contribution in [0.25, 0.3) is 0 Å². The molecule has 0 saturated carbocycles. The number of carbonyl (C=O) groups excluding carboxylic acids is 2. The summed E-state index contributed by atoms with van der Waals surface area (Å²) in [7, 11) is -3.59. The van der Waals surface area contributed by atoms with Crippen LogP contribution in [-0.4, -0.2) is 44.3 Å². The minimum absolute atomic E-state index is 0.00502. The standard InChI is InChI=1S/C20H22ClFN2O5S/c1-3-24(4-2)30(27,28)15-10-8-14(9-11-15)23-19(25)13-29-20(26)12-16-17(21)6-5-7-18(16)22/h5-11H,3-4,12-13H2,1-2H3,(H,23,25). The Kier molecular flexibility index (Phi) is 8.33. The van der Waals surface area contributed by atoms with E-state index in [1.54, 1.807) is 13.8 Å². The van der Waals surface area contributed by atoms with Gasteiger partial charge in [-0.05, 0) is 36.4 Å². The third-order valence-electron chi connectivity index (χ3n) is 4.23. The van der Waals surface area contributed by atoms with Crippen LogP contribution in [0.1, 0.15) is 19.4 Å². The normalized spacial score (nSPS) is 11.4. The highest BCUT2D eigenvalue weighted by Gasteiger charge is 2.21. The molecule has 0 bridgehead atoms. The fourth-order valence-electron chi connectivity index (χ4n) is 2.66. The molecular formula is C20H22ClFN2O5S. The molecule has 0 aliphatic carbocycles. The molecule has 162 valence electrons. The molecule has 0 atom stereocenters. The quantitative estimate of drug-likeness (QED) is 0.585. The number of halogens is 2. The van der Waals surface area contributed by atoms with Gasteiger partial charge in [-0.1, -0.05) is 31.5 Å². The highest BCUT2D eigenvalue weighted by atomic mass is 35.5. The van der Waals surface area contributed by atoms with Gasteiger partial charge in [0.15, 0.2) is 6.61 Å². The zero-order valence-corrected chi connectivity index (χ0v) is 18.1. The Hall–Kier alpha value is -2.49. The molecule has 0 fully saturated rings. The summed E-state index contributed by atoms with van der Waals surface area (Å²) >= 11 is 5.85. The van der Waals surface area contributed by atoms with Crippen molar-refractivity contribution in [2.24, 2.45) is 0 Å². The number of hydrogen-bond donors (Lipinski definition) is 1. The number of ether oxygens (including phenoxy) is 1. The molecule has 1 amide bonds. The van der Waals surface area contributed by atoms with E-state index < -0.39 is 40.7 Å². The molecule has 0 spiro atoms. The van der Waals surface area contributed by atoms with Crippen LogP contribution in [0, 0.1) is 5.82 Å². The fourth-order valence-corrected chi connectivity index (χ4v) is 4.35. The Bertz CT molecular complexity index is 988. The lowest BCUT2D eigenvalue weighted by atomic mass is 10.1. The molecule has 0 aromatic heterocycles. The van der Waals surface area contributed by atoms with Crippen molar-refractivity contribution in [3.63, 3.8) is 0 Å². The topological polar surface area (TPSA) is 92.8 Å². The van der Waals surface area contributed by atoms with Crippen LogP contribution in [-0.2, 0) is 30.8 Å². The lowest BCUT2D eigenvalue weighted by Gasteiger charge is -2.18. The number of nitrogens with one attached hydrogen (secondary N) is 1. The number of sulfonamides is 1. The van der Waals surface area contributed by atoms with E-state index in [0.29, 0.717) is 18.8 Å². The van der Waals surface area contributed by atoms with Gasteiger partial charge in [0.1, 0.15) is 5.82 Å². The summed E-state index contributed by atoms with van der Waals surface area (Å²) in [5.74, 6) is -2.07. The van der Waals surface area contributed by atoms with Crippen LogP contribution < -0.4 is 5.32 Å². The minimum atomic E-state index is -3.59. The van der Waals surface area contributed by atoms with Gasteiger partial charge in [0.05, 0.1) is 11.3 Å². The zero-order valence-electron chi connectivity index (χ0n) is 16.5. The van der Waals surface area contributed by atoms with E-state index in [1.807, 2.05) is 0 Å². The summed E-state index contributed by atoms with van der Waals surface area (Å²) < 4.78 is 44.8. The van der Waals surface area contributed by atoms with Gasteiger partial charge in [-0.15, -0.1) is 0 Å². The van der Waals surface area contributed by atoms with E-state index >= 15 is 0 Å². The summed E-state index contributed by atoms with van der Waals surface area (Å²) in [6.45, 7) is 3.61. The van der Waals surface area contributed by atoms with Gasteiger partial charge in [0.2, 0.25) is 10.0 Å². The van der Waals surface area contributed by atoms with E-state index in [4.69, 9.17) is 16.3 Å².